The molecule has 7 nitrogen and oxygen atoms in total. The Hall–Kier alpha value is -2.75. The molecule has 10 heteroatoms. The first-order valence-corrected chi connectivity index (χ1v) is 13.1. The minimum atomic E-state index is -3.49. The predicted molar refractivity (Wildman–Crippen MR) is 123 cm³/mol. The van der Waals surface area contributed by atoms with Crippen molar-refractivity contribution in [2.45, 2.75) is 51.2 Å². The molecule has 1 aromatic carbocycles. The summed E-state index contributed by atoms with van der Waals surface area (Å²) in [4.78, 5) is 17.8. The summed E-state index contributed by atoms with van der Waals surface area (Å²) in [5, 5.41) is -0.103. The summed E-state index contributed by atoms with van der Waals surface area (Å²) in [5.41, 5.74) is 1.00. The average Bonchev–Trinajstić information content (AvgIpc) is 2.78. The van der Waals surface area contributed by atoms with Crippen LogP contribution in [0, 0.1) is 24.5 Å². The van der Waals surface area contributed by atoms with E-state index >= 15 is 0 Å². The number of hydrogen-bond acceptors (Lipinski definition) is 6. The number of pyridine rings is 1. The summed E-state index contributed by atoms with van der Waals surface area (Å²) in [6.07, 6.45) is 2.61. The minimum absolute atomic E-state index is 0.0566. The summed E-state index contributed by atoms with van der Waals surface area (Å²) in [5.74, 6) is -2.10. The molecule has 1 aliphatic heterocycles. The van der Waals surface area contributed by atoms with Gasteiger partial charge in [-0.15, -0.1) is 0 Å². The lowest BCUT2D eigenvalue weighted by atomic mass is 9.98. The number of rotatable bonds is 7. The molecule has 186 valence electrons. The number of aryl methyl sites for hydroxylation is 1. The van der Waals surface area contributed by atoms with Crippen molar-refractivity contribution in [2.75, 3.05) is 26.0 Å². The van der Waals surface area contributed by atoms with Crippen molar-refractivity contribution in [1.29, 1.82) is 0 Å². The molecule has 0 bridgehead atoms. The Kier molecular flexibility index (Phi) is 8.12. The van der Waals surface area contributed by atoms with E-state index in [2.05, 4.69) is 4.98 Å². The standard InChI is InChI=1S/C24H30F2N2O5S/c1-5-15(2)33-24(29)28-10-8-17(9-11-28)14-32-23-20(25)12-18(13-21(23)26)19-6-7-22(27-16(19)3)34(4,30)31/h6-7,12-13,15,17H,5,8-11,14H2,1-4H3. The van der Waals surface area contributed by atoms with Gasteiger partial charge in [-0.05, 0) is 68.9 Å². The van der Waals surface area contributed by atoms with Gasteiger partial charge in [0.2, 0.25) is 0 Å². The number of aromatic nitrogens is 1. The van der Waals surface area contributed by atoms with Gasteiger partial charge in [-0.25, -0.2) is 27.0 Å². The first-order valence-electron chi connectivity index (χ1n) is 11.2. The third kappa shape index (κ3) is 6.22. The Bertz CT molecular complexity index is 1130. The summed E-state index contributed by atoms with van der Waals surface area (Å²) < 4.78 is 63.6. The minimum Gasteiger partial charge on any atom is -0.487 e. The molecule has 0 spiro atoms. The lowest BCUT2D eigenvalue weighted by Gasteiger charge is -2.32. The van der Waals surface area contributed by atoms with Gasteiger partial charge < -0.3 is 14.4 Å². The van der Waals surface area contributed by atoms with Gasteiger partial charge in [0.05, 0.1) is 6.61 Å². The molecule has 1 unspecified atom stereocenters. The van der Waals surface area contributed by atoms with Crippen LogP contribution < -0.4 is 4.74 Å². The molecule has 2 aromatic rings. The maximum absolute atomic E-state index is 14.7. The average molecular weight is 497 g/mol. The molecule has 0 radical (unpaired) electrons. The van der Waals surface area contributed by atoms with E-state index in [0.717, 1.165) is 24.8 Å². The Morgan fingerprint density at radius 2 is 1.82 bits per heavy atom. The fourth-order valence-electron chi connectivity index (χ4n) is 3.72. The van der Waals surface area contributed by atoms with Crippen LogP contribution in [0.25, 0.3) is 11.1 Å². The number of benzene rings is 1. The highest BCUT2D eigenvalue weighted by atomic mass is 32.2. The van der Waals surface area contributed by atoms with Gasteiger partial charge in [0, 0.05) is 30.6 Å². The first-order chi connectivity index (χ1) is 16.0. The molecule has 0 N–H and O–H groups in total. The molecule has 1 aromatic heterocycles. The second kappa shape index (κ2) is 10.7. The molecular formula is C24H30F2N2O5S. The second-order valence-corrected chi connectivity index (χ2v) is 10.6. The number of likely N-dealkylation sites (tertiary alicyclic amines) is 1. The van der Waals surface area contributed by atoms with Gasteiger partial charge in [0.15, 0.2) is 32.2 Å². The van der Waals surface area contributed by atoms with Crippen LogP contribution in [0.3, 0.4) is 0 Å². The topological polar surface area (TPSA) is 85.8 Å². The number of piperidine rings is 1. The fraction of sp³-hybridized carbons (Fsp3) is 0.500. The Morgan fingerprint density at radius 1 is 1.21 bits per heavy atom. The molecule has 1 saturated heterocycles. The van der Waals surface area contributed by atoms with Crippen molar-refractivity contribution in [3.8, 4) is 16.9 Å². The van der Waals surface area contributed by atoms with Crippen LogP contribution in [-0.4, -0.2) is 56.5 Å². The van der Waals surface area contributed by atoms with Crippen LogP contribution in [-0.2, 0) is 14.6 Å². The summed E-state index contributed by atoms with van der Waals surface area (Å²) in [7, 11) is -3.49. The van der Waals surface area contributed by atoms with Crippen molar-refractivity contribution in [3.05, 3.63) is 41.6 Å². The SMILES string of the molecule is CCC(C)OC(=O)N1CCC(COc2c(F)cc(-c3ccc(S(C)(=O)=O)nc3C)cc2F)CC1. The number of nitrogens with zero attached hydrogens (tertiary/aromatic N) is 2. The summed E-state index contributed by atoms with van der Waals surface area (Å²) >= 11 is 0. The van der Waals surface area contributed by atoms with Gasteiger partial charge in [-0.2, -0.15) is 0 Å². The smallest absolute Gasteiger partial charge is 0.410 e. The van der Waals surface area contributed by atoms with E-state index in [9.17, 15) is 22.0 Å². The Morgan fingerprint density at radius 3 is 2.35 bits per heavy atom. The van der Waals surface area contributed by atoms with Crippen molar-refractivity contribution >= 4 is 15.9 Å². The van der Waals surface area contributed by atoms with Gasteiger partial charge in [0.25, 0.3) is 0 Å². The van der Waals surface area contributed by atoms with Crippen molar-refractivity contribution in [3.63, 3.8) is 0 Å². The number of ether oxygens (including phenoxy) is 2. The lowest BCUT2D eigenvalue weighted by Crippen LogP contribution is -2.41. The largest absolute Gasteiger partial charge is 0.487 e. The van der Waals surface area contributed by atoms with E-state index in [4.69, 9.17) is 9.47 Å². The number of carbonyl (C=O) groups excluding carboxylic acids is 1. The lowest BCUT2D eigenvalue weighted by molar-refractivity contribution is 0.0537. The van der Waals surface area contributed by atoms with E-state index < -0.39 is 27.2 Å². The molecule has 1 aliphatic rings. The van der Waals surface area contributed by atoms with Gasteiger partial charge in [-0.3, -0.25) is 0 Å². The number of hydrogen-bond donors (Lipinski definition) is 0. The number of amides is 1. The van der Waals surface area contributed by atoms with Crippen LogP contribution in [0.1, 0.15) is 38.8 Å². The highest BCUT2D eigenvalue weighted by Crippen LogP contribution is 2.31. The molecule has 0 aliphatic carbocycles. The third-order valence-electron chi connectivity index (χ3n) is 5.96. The molecule has 0 saturated carbocycles. The number of sulfone groups is 1. The number of carbonyl (C=O) groups is 1. The quantitative estimate of drug-likeness (QED) is 0.549. The van der Waals surface area contributed by atoms with Crippen LogP contribution in [0.5, 0.6) is 5.75 Å². The highest BCUT2D eigenvalue weighted by molar-refractivity contribution is 7.90. The zero-order valence-electron chi connectivity index (χ0n) is 19.8. The molecule has 2 heterocycles. The molecule has 1 fully saturated rings. The van der Waals surface area contributed by atoms with E-state index in [-0.39, 0.29) is 35.3 Å². The Labute approximate surface area is 199 Å². The maximum Gasteiger partial charge on any atom is 0.410 e. The predicted octanol–water partition coefficient (Wildman–Crippen LogP) is 4.76. The maximum atomic E-state index is 14.7. The van der Waals surface area contributed by atoms with Crippen molar-refractivity contribution in [2.24, 2.45) is 5.92 Å². The van der Waals surface area contributed by atoms with Crippen LogP contribution in [0.2, 0.25) is 0 Å². The molecule has 1 atom stereocenters. The van der Waals surface area contributed by atoms with E-state index in [1.165, 1.54) is 12.1 Å². The van der Waals surface area contributed by atoms with Gasteiger partial charge in [-0.1, -0.05) is 6.92 Å². The van der Waals surface area contributed by atoms with E-state index in [1.807, 2.05) is 13.8 Å². The Balaban J connectivity index is 1.63. The molecule has 3 rings (SSSR count). The monoisotopic (exact) mass is 496 g/mol. The summed E-state index contributed by atoms with van der Waals surface area (Å²) in [6, 6.07) is 5.09. The van der Waals surface area contributed by atoms with Gasteiger partial charge in [0.1, 0.15) is 6.10 Å². The van der Waals surface area contributed by atoms with Gasteiger partial charge >= 0.3 is 6.09 Å². The third-order valence-corrected chi connectivity index (χ3v) is 6.95. The van der Waals surface area contributed by atoms with Crippen LogP contribution >= 0.6 is 0 Å². The first kappa shape index (κ1) is 25.9. The fourth-order valence-corrected chi connectivity index (χ4v) is 4.33. The molecule has 1 amide bonds. The second-order valence-electron chi connectivity index (χ2n) is 8.67. The molecular weight excluding hydrogens is 466 g/mol. The summed E-state index contributed by atoms with van der Waals surface area (Å²) in [6.45, 7) is 6.50. The highest BCUT2D eigenvalue weighted by Gasteiger charge is 2.26. The molecule has 34 heavy (non-hydrogen) atoms. The van der Waals surface area contributed by atoms with Crippen molar-refractivity contribution in [1.82, 2.24) is 9.88 Å². The zero-order valence-corrected chi connectivity index (χ0v) is 20.6. The van der Waals surface area contributed by atoms with E-state index in [0.29, 0.717) is 37.2 Å². The zero-order chi connectivity index (χ0) is 25.0. The van der Waals surface area contributed by atoms with Crippen molar-refractivity contribution < 1.29 is 31.5 Å². The van der Waals surface area contributed by atoms with Crippen LogP contribution in [0.15, 0.2) is 29.3 Å². The van der Waals surface area contributed by atoms with E-state index in [1.54, 1.807) is 11.8 Å². The van der Waals surface area contributed by atoms with Crippen LogP contribution in [0.4, 0.5) is 13.6 Å². The normalized spacial score (nSPS) is 15.8. The number of halogens is 2.